The van der Waals surface area contributed by atoms with Gasteiger partial charge in [0.2, 0.25) is 0 Å². The number of hydrogen-bond donors (Lipinski definition) is 1. The lowest BCUT2D eigenvalue weighted by atomic mass is 10.0. The minimum Gasteiger partial charge on any atom is -0.493 e. The highest BCUT2D eigenvalue weighted by Crippen LogP contribution is 2.30. The van der Waals surface area contributed by atoms with Gasteiger partial charge in [-0.2, -0.15) is 0 Å². The summed E-state index contributed by atoms with van der Waals surface area (Å²) >= 11 is 0. The Balaban J connectivity index is 2.17. The van der Waals surface area contributed by atoms with E-state index in [0.717, 1.165) is 11.3 Å². The standard InChI is InChI=1S/C15H18N2O2/c1-18-14-7-6-11(9-15(14)19-2)13(16)10-12-5-3-4-8-17-12/h3-9,13H,10,16H2,1-2H3. The van der Waals surface area contributed by atoms with Crippen LogP contribution in [0.1, 0.15) is 17.3 Å². The van der Waals surface area contributed by atoms with Crippen LogP contribution < -0.4 is 15.2 Å². The third-order valence-electron chi connectivity index (χ3n) is 2.99. The first kappa shape index (κ1) is 13.4. The minimum absolute atomic E-state index is 0.116. The van der Waals surface area contributed by atoms with Gasteiger partial charge >= 0.3 is 0 Å². The Hall–Kier alpha value is -2.07. The van der Waals surface area contributed by atoms with E-state index in [4.69, 9.17) is 15.2 Å². The molecule has 1 aromatic carbocycles. The van der Waals surface area contributed by atoms with Crippen LogP contribution in [-0.4, -0.2) is 19.2 Å². The molecule has 2 N–H and O–H groups in total. The average molecular weight is 258 g/mol. The van der Waals surface area contributed by atoms with Gasteiger partial charge in [0.15, 0.2) is 11.5 Å². The molecule has 0 aliphatic carbocycles. The van der Waals surface area contributed by atoms with Crippen molar-refractivity contribution < 1.29 is 9.47 Å². The van der Waals surface area contributed by atoms with Crippen molar-refractivity contribution in [3.05, 3.63) is 53.9 Å². The molecule has 0 aliphatic heterocycles. The summed E-state index contributed by atoms with van der Waals surface area (Å²) in [5.41, 5.74) is 8.19. The molecule has 4 nitrogen and oxygen atoms in total. The van der Waals surface area contributed by atoms with Crippen LogP contribution in [0.4, 0.5) is 0 Å². The molecule has 0 fully saturated rings. The molecule has 1 atom stereocenters. The predicted octanol–water partition coefficient (Wildman–Crippen LogP) is 2.34. The Labute approximate surface area is 113 Å². The van der Waals surface area contributed by atoms with Crippen LogP contribution in [0.5, 0.6) is 11.5 Å². The summed E-state index contributed by atoms with van der Waals surface area (Å²) in [5.74, 6) is 1.40. The number of benzene rings is 1. The first-order valence-electron chi connectivity index (χ1n) is 6.12. The molecule has 1 unspecified atom stereocenters. The third-order valence-corrected chi connectivity index (χ3v) is 2.99. The number of pyridine rings is 1. The summed E-state index contributed by atoms with van der Waals surface area (Å²) in [4.78, 5) is 4.28. The Kier molecular flexibility index (Phi) is 4.36. The van der Waals surface area contributed by atoms with Gasteiger partial charge in [-0.1, -0.05) is 12.1 Å². The lowest BCUT2D eigenvalue weighted by molar-refractivity contribution is 0.354. The second kappa shape index (κ2) is 6.20. The van der Waals surface area contributed by atoms with E-state index in [2.05, 4.69) is 4.98 Å². The molecule has 0 saturated heterocycles. The molecular weight excluding hydrogens is 240 g/mol. The van der Waals surface area contributed by atoms with E-state index in [1.54, 1.807) is 20.4 Å². The van der Waals surface area contributed by atoms with Crippen molar-refractivity contribution in [2.24, 2.45) is 5.73 Å². The summed E-state index contributed by atoms with van der Waals surface area (Å²) < 4.78 is 10.5. The summed E-state index contributed by atoms with van der Waals surface area (Å²) in [7, 11) is 3.23. The average Bonchev–Trinajstić information content (AvgIpc) is 2.47. The summed E-state index contributed by atoms with van der Waals surface area (Å²) in [6, 6.07) is 11.4. The minimum atomic E-state index is -0.116. The zero-order chi connectivity index (χ0) is 13.7. The summed E-state index contributed by atoms with van der Waals surface area (Å²) in [6.07, 6.45) is 2.47. The summed E-state index contributed by atoms with van der Waals surface area (Å²) in [5, 5.41) is 0. The maximum Gasteiger partial charge on any atom is 0.161 e. The monoisotopic (exact) mass is 258 g/mol. The highest BCUT2D eigenvalue weighted by atomic mass is 16.5. The van der Waals surface area contributed by atoms with Gasteiger partial charge in [0.1, 0.15) is 0 Å². The molecule has 0 amide bonds. The SMILES string of the molecule is COc1ccc(C(N)Cc2ccccn2)cc1OC. The van der Waals surface area contributed by atoms with Crippen LogP contribution in [-0.2, 0) is 6.42 Å². The topological polar surface area (TPSA) is 57.4 Å². The van der Waals surface area contributed by atoms with Crippen LogP contribution >= 0.6 is 0 Å². The second-order valence-electron chi connectivity index (χ2n) is 4.25. The van der Waals surface area contributed by atoms with Crippen LogP contribution in [0.25, 0.3) is 0 Å². The van der Waals surface area contributed by atoms with E-state index in [-0.39, 0.29) is 6.04 Å². The molecule has 2 aromatic rings. The van der Waals surface area contributed by atoms with Crippen LogP contribution in [0, 0.1) is 0 Å². The van der Waals surface area contributed by atoms with Crippen molar-refractivity contribution in [1.29, 1.82) is 0 Å². The molecule has 100 valence electrons. The van der Waals surface area contributed by atoms with E-state index < -0.39 is 0 Å². The van der Waals surface area contributed by atoms with Crippen molar-refractivity contribution in [1.82, 2.24) is 4.98 Å². The van der Waals surface area contributed by atoms with Gasteiger partial charge in [-0.25, -0.2) is 0 Å². The Morgan fingerprint density at radius 1 is 1.11 bits per heavy atom. The molecule has 0 radical (unpaired) electrons. The quantitative estimate of drug-likeness (QED) is 0.894. The predicted molar refractivity (Wildman–Crippen MR) is 74.4 cm³/mol. The molecule has 0 saturated carbocycles. The zero-order valence-electron chi connectivity index (χ0n) is 11.2. The fourth-order valence-electron chi connectivity index (χ4n) is 1.95. The van der Waals surface area contributed by atoms with Crippen molar-refractivity contribution in [3.8, 4) is 11.5 Å². The Morgan fingerprint density at radius 3 is 2.53 bits per heavy atom. The van der Waals surface area contributed by atoms with Crippen molar-refractivity contribution in [2.45, 2.75) is 12.5 Å². The van der Waals surface area contributed by atoms with Crippen molar-refractivity contribution in [2.75, 3.05) is 14.2 Å². The second-order valence-corrected chi connectivity index (χ2v) is 4.25. The third kappa shape index (κ3) is 3.23. The molecule has 1 heterocycles. The molecule has 0 spiro atoms. The van der Waals surface area contributed by atoms with Gasteiger partial charge in [0.05, 0.1) is 14.2 Å². The molecule has 0 aliphatic rings. The van der Waals surface area contributed by atoms with Gasteiger partial charge in [0.25, 0.3) is 0 Å². The van der Waals surface area contributed by atoms with E-state index in [9.17, 15) is 0 Å². The molecule has 0 bridgehead atoms. The van der Waals surface area contributed by atoms with E-state index >= 15 is 0 Å². The van der Waals surface area contributed by atoms with Gasteiger partial charge in [-0.15, -0.1) is 0 Å². The van der Waals surface area contributed by atoms with Crippen molar-refractivity contribution in [3.63, 3.8) is 0 Å². The van der Waals surface area contributed by atoms with E-state index in [0.29, 0.717) is 17.9 Å². The first-order valence-corrected chi connectivity index (χ1v) is 6.12. The largest absolute Gasteiger partial charge is 0.493 e. The number of methoxy groups -OCH3 is 2. The highest BCUT2D eigenvalue weighted by molar-refractivity contribution is 5.43. The molecule has 4 heteroatoms. The van der Waals surface area contributed by atoms with Crippen LogP contribution in [0.3, 0.4) is 0 Å². The number of nitrogens with two attached hydrogens (primary N) is 1. The number of hydrogen-bond acceptors (Lipinski definition) is 4. The molecule has 1 aromatic heterocycles. The zero-order valence-corrected chi connectivity index (χ0v) is 11.2. The first-order chi connectivity index (χ1) is 9.24. The maximum atomic E-state index is 6.21. The number of nitrogens with zero attached hydrogens (tertiary/aromatic N) is 1. The molecular formula is C15H18N2O2. The molecule has 2 rings (SSSR count). The van der Waals surface area contributed by atoms with Gasteiger partial charge in [-0.05, 0) is 29.8 Å². The number of rotatable bonds is 5. The van der Waals surface area contributed by atoms with E-state index in [1.165, 1.54) is 0 Å². The van der Waals surface area contributed by atoms with Gasteiger partial charge in [0, 0.05) is 24.4 Å². The Bertz CT molecular complexity index is 529. The van der Waals surface area contributed by atoms with Gasteiger partial charge < -0.3 is 15.2 Å². The van der Waals surface area contributed by atoms with E-state index in [1.807, 2.05) is 36.4 Å². The van der Waals surface area contributed by atoms with Crippen LogP contribution in [0.2, 0.25) is 0 Å². The lowest BCUT2D eigenvalue weighted by Gasteiger charge is -2.14. The fourth-order valence-corrected chi connectivity index (χ4v) is 1.95. The lowest BCUT2D eigenvalue weighted by Crippen LogP contribution is -2.14. The fraction of sp³-hybridized carbons (Fsp3) is 0.267. The normalized spacial score (nSPS) is 11.9. The number of aromatic nitrogens is 1. The van der Waals surface area contributed by atoms with Crippen molar-refractivity contribution >= 4 is 0 Å². The molecule has 19 heavy (non-hydrogen) atoms. The summed E-state index contributed by atoms with van der Waals surface area (Å²) in [6.45, 7) is 0. The smallest absolute Gasteiger partial charge is 0.161 e. The highest BCUT2D eigenvalue weighted by Gasteiger charge is 2.11. The maximum absolute atomic E-state index is 6.21. The Morgan fingerprint density at radius 2 is 1.89 bits per heavy atom. The van der Waals surface area contributed by atoms with Crippen LogP contribution in [0.15, 0.2) is 42.6 Å². The number of ether oxygens (including phenoxy) is 2. The van der Waals surface area contributed by atoms with Gasteiger partial charge in [-0.3, -0.25) is 4.98 Å².